The maximum Gasteiger partial charge on any atom is 0.143 e. The Hall–Kier alpha value is -2.07. The lowest BCUT2D eigenvalue weighted by Gasteiger charge is -2.18. The van der Waals surface area contributed by atoms with Gasteiger partial charge in [0.1, 0.15) is 17.8 Å². The lowest BCUT2D eigenvalue weighted by atomic mass is 10.1. The highest BCUT2D eigenvalue weighted by atomic mass is 35.5. The molecule has 0 atom stereocenters. The summed E-state index contributed by atoms with van der Waals surface area (Å²) >= 11 is 6.11. The van der Waals surface area contributed by atoms with Crippen molar-refractivity contribution in [1.82, 2.24) is 15.0 Å². The zero-order chi connectivity index (χ0) is 14.8. The molecule has 1 aromatic carbocycles. The van der Waals surface area contributed by atoms with E-state index in [4.69, 9.17) is 11.6 Å². The molecule has 0 aliphatic carbocycles. The molecule has 0 unspecified atom stereocenters. The number of fused-ring (bicyclic) bond motifs is 1. The van der Waals surface area contributed by atoms with E-state index in [-0.39, 0.29) is 0 Å². The van der Waals surface area contributed by atoms with E-state index >= 15 is 0 Å². The maximum absolute atomic E-state index is 6.11. The first-order valence-electron chi connectivity index (χ1n) is 7.00. The van der Waals surface area contributed by atoms with Gasteiger partial charge in [0.05, 0.1) is 5.39 Å². The Morgan fingerprint density at radius 3 is 2.90 bits per heavy atom. The Morgan fingerprint density at radius 2 is 2.14 bits per heavy atom. The summed E-state index contributed by atoms with van der Waals surface area (Å²) in [5.41, 5.74) is 2.98. The Labute approximate surface area is 128 Å². The summed E-state index contributed by atoms with van der Waals surface area (Å²) < 4.78 is 0. The van der Waals surface area contributed by atoms with E-state index in [1.165, 1.54) is 0 Å². The standard InChI is InChI=1S/C16H17ClN4/c1-3-7-21(2)16-14-13(9-18-15(14)19-10-20-16)11-5-4-6-12(17)8-11/h4-6,8-10H,3,7H2,1-2H3,(H,18,19,20). The maximum atomic E-state index is 6.11. The number of anilines is 1. The third kappa shape index (κ3) is 2.59. The number of nitrogens with zero attached hydrogens (tertiary/aromatic N) is 3. The van der Waals surface area contributed by atoms with Crippen molar-refractivity contribution < 1.29 is 0 Å². The van der Waals surface area contributed by atoms with Crippen molar-refractivity contribution in [1.29, 1.82) is 0 Å². The van der Waals surface area contributed by atoms with Gasteiger partial charge < -0.3 is 9.88 Å². The second kappa shape index (κ2) is 5.74. The predicted octanol–water partition coefficient (Wildman–Crippen LogP) is 4.12. The molecule has 0 fully saturated rings. The van der Waals surface area contributed by atoms with E-state index in [1.54, 1.807) is 6.33 Å². The fourth-order valence-corrected chi connectivity index (χ4v) is 2.75. The van der Waals surface area contributed by atoms with Gasteiger partial charge >= 0.3 is 0 Å². The van der Waals surface area contributed by atoms with Crippen LogP contribution in [-0.2, 0) is 0 Å². The minimum atomic E-state index is 0.724. The second-order valence-electron chi connectivity index (χ2n) is 5.06. The van der Waals surface area contributed by atoms with Gasteiger partial charge in [-0.2, -0.15) is 0 Å². The van der Waals surface area contributed by atoms with E-state index < -0.39 is 0 Å². The van der Waals surface area contributed by atoms with Gasteiger partial charge in [0.15, 0.2) is 0 Å². The molecular weight excluding hydrogens is 284 g/mol. The fraction of sp³-hybridized carbons (Fsp3) is 0.250. The minimum Gasteiger partial charge on any atom is -0.359 e. The van der Waals surface area contributed by atoms with Crippen LogP contribution in [0.2, 0.25) is 5.02 Å². The van der Waals surface area contributed by atoms with Crippen molar-refractivity contribution in [3.8, 4) is 11.1 Å². The van der Waals surface area contributed by atoms with Crippen LogP contribution in [-0.4, -0.2) is 28.5 Å². The molecule has 3 aromatic rings. The van der Waals surface area contributed by atoms with Crippen molar-refractivity contribution in [2.45, 2.75) is 13.3 Å². The minimum absolute atomic E-state index is 0.724. The molecule has 108 valence electrons. The summed E-state index contributed by atoms with van der Waals surface area (Å²) in [7, 11) is 2.06. The smallest absolute Gasteiger partial charge is 0.143 e. The zero-order valence-corrected chi connectivity index (χ0v) is 12.9. The number of hydrogen-bond acceptors (Lipinski definition) is 3. The van der Waals surface area contributed by atoms with Crippen molar-refractivity contribution in [2.24, 2.45) is 0 Å². The molecule has 4 nitrogen and oxygen atoms in total. The quantitative estimate of drug-likeness (QED) is 0.788. The van der Waals surface area contributed by atoms with Crippen LogP contribution in [0.3, 0.4) is 0 Å². The molecule has 21 heavy (non-hydrogen) atoms. The van der Waals surface area contributed by atoms with Crippen LogP contribution in [0.15, 0.2) is 36.8 Å². The van der Waals surface area contributed by atoms with Crippen molar-refractivity contribution in [2.75, 3.05) is 18.5 Å². The molecule has 0 aliphatic rings. The second-order valence-corrected chi connectivity index (χ2v) is 5.49. The number of H-pyrrole nitrogens is 1. The first kappa shape index (κ1) is 13.9. The van der Waals surface area contributed by atoms with Gasteiger partial charge in [-0.25, -0.2) is 9.97 Å². The Kier molecular flexibility index (Phi) is 3.80. The summed E-state index contributed by atoms with van der Waals surface area (Å²) in [5.74, 6) is 0.943. The average molecular weight is 301 g/mol. The molecule has 5 heteroatoms. The van der Waals surface area contributed by atoms with Crippen LogP contribution < -0.4 is 4.90 Å². The van der Waals surface area contributed by atoms with E-state index in [2.05, 4.69) is 33.8 Å². The van der Waals surface area contributed by atoms with Crippen LogP contribution in [0, 0.1) is 0 Å². The summed E-state index contributed by atoms with van der Waals surface area (Å²) in [4.78, 5) is 14.2. The summed E-state index contributed by atoms with van der Waals surface area (Å²) in [5, 5.41) is 1.76. The molecular formula is C16H17ClN4. The Morgan fingerprint density at radius 1 is 1.29 bits per heavy atom. The predicted molar refractivity (Wildman–Crippen MR) is 87.9 cm³/mol. The number of halogens is 1. The topological polar surface area (TPSA) is 44.8 Å². The van der Waals surface area contributed by atoms with E-state index in [0.717, 1.165) is 46.0 Å². The van der Waals surface area contributed by atoms with Crippen LogP contribution in [0.1, 0.15) is 13.3 Å². The SMILES string of the molecule is CCCN(C)c1ncnc2[nH]cc(-c3cccc(Cl)c3)c12. The molecule has 0 amide bonds. The van der Waals surface area contributed by atoms with Gasteiger partial charge in [0.25, 0.3) is 0 Å². The van der Waals surface area contributed by atoms with Crippen molar-refractivity contribution >= 4 is 28.5 Å². The van der Waals surface area contributed by atoms with Gasteiger partial charge in [-0.15, -0.1) is 0 Å². The van der Waals surface area contributed by atoms with Gasteiger partial charge in [0.2, 0.25) is 0 Å². The number of benzene rings is 1. The van der Waals surface area contributed by atoms with Crippen LogP contribution in [0.25, 0.3) is 22.2 Å². The monoisotopic (exact) mass is 300 g/mol. The highest BCUT2D eigenvalue weighted by Crippen LogP contribution is 2.34. The highest BCUT2D eigenvalue weighted by molar-refractivity contribution is 6.31. The fourth-order valence-electron chi connectivity index (χ4n) is 2.56. The van der Waals surface area contributed by atoms with Gasteiger partial charge in [-0.3, -0.25) is 0 Å². The van der Waals surface area contributed by atoms with E-state index in [9.17, 15) is 0 Å². The molecule has 3 rings (SSSR count). The summed E-state index contributed by atoms with van der Waals surface area (Å²) in [6.45, 7) is 3.11. The average Bonchev–Trinajstić information content (AvgIpc) is 2.91. The van der Waals surface area contributed by atoms with E-state index in [1.807, 2.05) is 30.5 Å². The normalized spacial score (nSPS) is 11.0. The lowest BCUT2D eigenvalue weighted by molar-refractivity contribution is 0.840. The third-order valence-corrected chi connectivity index (χ3v) is 3.74. The molecule has 0 saturated carbocycles. The summed E-state index contributed by atoms with van der Waals surface area (Å²) in [6, 6.07) is 7.84. The molecule has 2 heterocycles. The number of hydrogen-bond donors (Lipinski definition) is 1. The van der Waals surface area contributed by atoms with Crippen molar-refractivity contribution in [3.63, 3.8) is 0 Å². The Bertz CT molecular complexity index is 766. The molecule has 0 radical (unpaired) electrons. The van der Waals surface area contributed by atoms with Gasteiger partial charge in [-0.1, -0.05) is 30.7 Å². The highest BCUT2D eigenvalue weighted by Gasteiger charge is 2.15. The first-order valence-corrected chi connectivity index (χ1v) is 7.37. The van der Waals surface area contributed by atoms with Crippen molar-refractivity contribution in [3.05, 3.63) is 41.8 Å². The number of rotatable bonds is 4. The molecule has 2 aromatic heterocycles. The molecule has 0 aliphatic heterocycles. The Balaban J connectivity index is 2.20. The third-order valence-electron chi connectivity index (χ3n) is 3.51. The number of aromatic amines is 1. The van der Waals surface area contributed by atoms with Crippen LogP contribution >= 0.6 is 11.6 Å². The molecule has 1 N–H and O–H groups in total. The van der Waals surface area contributed by atoms with E-state index in [0.29, 0.717) is 0 Å². The van der Waals surface area contributed by atoms with Gasteiger partial charge in [-0.05, 0) is 24.1 Å². The van der Waals surface area contributed by atoms with Crippen LogP contribution in [0.5, 0.6) is 0 Å². The largest absolute Gasteiger partial charge is 0.359 e. The number of aromatic nitrogens is 3. The molecule has 0 spiro atoms. The zero-order valence-electron chi connectivity index (χ0n) is 12.1. The lowest BCUT2D eigenvalue weighted by Crippen LogP contribution is -2.19. The number of nitrogens with one attached hydrogen (secondary N) is 1. The summed E-state index contributed by atoms with van der Waals surface area (Å²) in [6.07, 6.45) is 4.63. The van der Waals surface area contributed by atoms with Crippen LogP contribution in [0.4, 0.5) is 5.82 Å². The molecule has 0 saturated heterocycles. The molecule has 0 bridgehead atoms. The van der Waals surface area contributed by atoms with Gasteiger partial charge in [0, 0.05) is 30.4 Å². The first-order chi connectivity index (χ1) is 10.2.